The first-order valence-corrected chi connectivity index (χ1v) is 10.4. The Hall–Kier alpha value is -3.83. The molecule has 2 aromatic heterocycles. The predicted octanol–water partition coefficient (Wildman–Crippen LogP) is 4.20. The number of nitrogens with one attached hydrogen (secondary N) is 1. The Balaban J connectivity index is 1.64. The number of carbonyl (C=O) groups is 1. The lowest BCUT2D eigenvalue weighted by molar-refractivity contribution is 0.111. The van der Waals surface area contributed by atoms with Crippen LogP contribution in [0.5, 0.6) is 0 Å². The number of hydrogen-bond acceptors (Lipinski definition) is 6. The Kier molecular flexibility index (Phi) is 5.87. The second-order valence-electron chi connectivity index (χ2n) is 7.05. The smallest absolute Gasteiger partial charge is 0.167 e. The van der Waals surface area contributed by atoms with Gasteiger partial charge in [-0.15, -0.1) is 0 Å². The van der Waals surface area contributed by atoms with Crippen LogP contribution in [-0.4, -0.2) is 39.3 Å². The summed E-state index contributed by atoms with van der Waals surface area (Å²) >= 11 is 1.57. The quantitative estimate of drug-likeness (QED) is 0.271. The number of benzene rings is 2. The molecule has 2 heterocycles. The van der Waals surface area contributed by atoms with Crippen LogP contribution in [0.3, 0.4) is 0 Å². The minimum atomic E-state index is 0.550. The second-order valence-corrected chi connectivity index (χ2v) is 8.17. The minimum Gasteiger partial charge on any atom is -0.341 e. The Morgan fingerprint density at radius 2 is 2.16 bits per heavy atom. The van der Waals surface area contributed by atoms with Crippen molar-refractivity contribution in [3.05, 3.63) is 77.1 Å². The highest BCUT2D eigenvalue weighted by molar-refractivity contribution is 7.99. The van der Waals surface area contributed by atoms with Gasteiger partial charge in [0, 0.05) is 41.7 Å². The van der Waals surface area contributed by atoms with E-state index in [1.165, 1.54) is 0 Å². The zero-order chi connectivity index (χ0) is 21.8. The number of aromatic nitrogens is 3. The summed E-state index contributed by atoms with van der Waals surface area (Å²) in [6.45, 7) is 0.550. The number of aryl methyl sites for hydroxylation is 1. The molecule has 154 valence electrons. The normalized spacial score (nSPS) is 11.1. The van der Waals surface area contributed by atoms with Crippen LogP contribution in [0.15, 0.2) is 69.8 Å². The van der Waals surface area contributed by atoms with Crippen molar-refractivity contribution in [1.82, 2.24) is 19.8 Å². The van der Waals surface area contributed by atoms with Gasteiger partial charge in [-0.2, -0.15) is 15.5 Å². The summed E-state index contributed by atoms with van der Waals surface area (Å²) in [5.41, 5.74) is 3.92. The van der Waals surface area contributed by atoms with Gasteiger partial charge >= 0.3 is 0 Å². The highest BCUT2D eigenvalue weighted by Gasteiger charge is 2.14. The second kappa shape index (κ2) is 8.90. The molecule has 2 aromatic carbocycles. The number of aldehydes is 1. The van der Waals surface area contributed by atoms with Crippen molar-refractivity contribution in [2.45, 2.75) is 16.5 Å². The molecule has 0 fully saturated rings. The molecule has 4 rings (SSSR count). The summed E-state index contributed by atoms with van der Waals surface area (Å²) in [5.74, 6) is 0. The van der Waals surface area contributed by atoms with Crippen LogP contribution in [0, 0.1) is 11.3 Å². The average molecular weight is 429 g/mol. The van der Waals surface area contributed by atoms with E-state index in [1.54, 1.807) is 35.2 Å². The van der Waals surface area contributed by atoms with Gasteiger partial charge in [-0.05, 0) is 42.0 Å². The monoisotopic (exact) mass is 428 g/mol. The first kappa shape index (κ1) is 20.4. The van der Waals surface area contributed by atoms with Gasteiger partial charge in [0.15, 0.2) is 6.29 Å². The lowest BCUT2D eigenvalue weighted by Gasteiger charge is -2.12. The van der Waals surface area contributed by atoms with Gasteiger partial charge < -0.3 is 4.57 Å². The molecule has 7 nitrogen and oxygen atoms in total. The number of hydrogen-bond donors (Lipinski definition) is 1. The third-order valence-corrected chi connectivity index (χ3v) is 5.86. The van der Waals surface area contributed by atoms with Gasteiger partial charge in [0.2, 0.25) is 0 Å². The minimum absolute atomic E-state index is 0.550. The van der Waals surface area contributed by atoms with Gasteiger partial charge in [-0.3, -0.25) is 14.9 Å². The van der Waals surface area contributed by atoms with Crippen LogP contribution >= 0.6 is 11.8 Å². The van der Waals surface area contributed by atoms with Crippen LogP contribution in [-0.2, 0) is 13.6 Å². The van der Waals surface area contributed by atoms with Crippen molar-refractivity contribution in [2.24, 2.45) is 12.1 Å². The van der Waals surface area contributed by atoms with Crippen LogP contribution in [0.1, 0.15) is 27.2 Å². The summed E-state index contributed by atoms with van der Waals surface area (Å²) in [6, 6.07) is 17.6. The van der Waals surface area contributed by atoms with Crippen molar-refractivity contribution in [3.63, 3.8) is 0 Å². The number of nitriles is 1. The Morgan fingerprint density at radius 3 is 2.90 bits per heavy atom. The van der Waals surface area contributed by atoms with Crippen LogP contribution in [0.25, 0.3) is 10.9 Å². The van der Waals surface area contributed by atoms with E-state index in [2.05, 4.69) is 27.4 Å². The van der Waals surface area contributed by atoms with Crippen LogP contribution in [0.2, 0.25) is 0 Å². The third kappa shape index (κ3) is 4.37. The molecular formula is C23H20N6OS. The summed E-state index contributed by atoms with van der Waals surface area (Å²) in [6.07, 6.45) is 4.30. The molecule has 4 aromatic rings. The van der Waals surface area contributed by atoms with Crippen molar-refractivity contribution in [2.75, 3.05) is 7.05 Å². The Morgan fingerprint density at radius 1 is 1.29 bits per heavy atom. The zero-order valence-electron chi connectivity index (χ0n) is 17.1. The summed E-state index contributed by atoms with van der Waals surface area (Å²) in [7, 11) is 3.74. The largest absolute Gasteiger partial charge is 0.341 e. The number of rotatable bonds is 7. The summed E-state index contributed by atoms with van der Waals surface area (Å²) < 4.78 is 1.88. The molecule has 0 radical (unpaired) electrons. The maximum absolute atomic E-state index is 11.8. The maximum atomic E-state index is 11.8. The molecule has 0 unspecified atom stereocenters. The molecule has 0 spiro atoms. The van der Waals surface area contributed by atoms with Gasteiger partial charge in [0.1, 0.15) is 0 Å². The lowest BCUT2D eigenvalue weighted by Crippen LogP contribution is -2.11. The van der Waals surface area contributed by atoms with E-state index >= 15 is 0 Å². The van der Waals surface area contributed by atoms with Gasteiger partial charge in [0.05, 0.1) is 35.1 Å². The first-order chi connectivity index (χ1) is 15.1. The van der Waals surface area contributed by atoms with E-state index in [4.69, 9.17) is 5.26 Å². The number of hydrazone groups is 1. The fourth-order valence-corrected chi connectivity index (χ4v) is 4.24. The van der Waals surface area contributed by atoms with E-state index in [0.717, 1.165) is 38.2 Å². The van der Waals surface area contributed by atoms with Crippen molar-refractivity contribution >= 4 is 35.2 Å². The van der Waals surface area contributed by atoms with E-state index in [9.17, 15) is 4.79 Å². The highest BCUT2D eigenvalue weighted by atomic mass is 32.2. The van der Waals surface area contributed by atoms with Crippen LogP contribution in [0.4, 0.5) is 0 Å². The van der Waals surface area contributed by atoms with E-state index < -0.39 is 0 Å². The Bertz CT molecular complexity index is 1300. The molecule has 0 atom stereocenters. The average Bonchev–Trinajstić information content (AvgIpc) is 3.38. The van der Waals surface area contributed by atoms with E-state index in [1.807, 2.05) is 55.1 Å². The lowest BCUT2D eigenvalue weighted by atomic mass is 10.1. The van der Waals surface area contributed by atoms with E-state index in [0.29, 0.717) is 17.8 Å². The number of fused-ring (bicyclic) bond motifs is 1. The molecule has 0 aliphatic rings. The maximum Gasteiger partial charge on any atom is 0.167 e. The highest BCUT2D eigenvalue weighted by Crippen LogP contribution is 2.31. The SMILES string of the molecule is CN(Cc1cccc(C#N)c1)/N=C\c1c(C=O)n(C)c2ccc(Sc3ccn[nH]3)cc12. The fraction of sp³-hybridized carbons (Fsp3) is 0.130. The Labute approximate surface area is 184 Å². The summed E-state index contributed by atoms with van der Waals surface area (Å²) in [4.78, 5) is 12.9. The van der Waals surface area contributed by atoms with Crippen molar-refractivity contribution in [3.8, 4) is 6.07 Å². The molecule has 0 amide bonds. The first-order valence-electron chi connectivity index (χ1n) is 9.58. The molecular weight excluding hydrogens is 408 g/mol. The number of nitrogens with zero attached hydrogens (tertiary/aromatic N) is 5. The van der Waals surface area contributed by atoms with E-state index in [-0.39, 0.29) is 0 Å². The molecule has 8 heteroatoms. The predicted molar refractivity (Wildman–Crippen MR) is 121 cm³/mol. The fourth-order valence-electron chi connectivity index (χ4n) is 3.44. The molecule has 0 aliphatic heterocycles. The van der Waals surface area contributed by atoms with Crippen molar-refractivity contribution < 1.29 is 4.79 Å². The molecule has 0 bridgehead atoms. The zero-order valence-corrected chi connectivity index (χ0v) is 17.9. The standard InChI is InChI=1S/C23H20N6OS/c1-28(14-17-5-3-4-16(10-17)12-24)26-13-20-19-11-18(31-23-8-9-25-27-23)6-7-21(19)29(2)22(20)15-30/h3-11,13,15H,14H2,1-2H3,(H,25,27)/b26-13-. The van der Waals surface area contributed by atoms with Crippen molar-refractivity contribution in [1.29, 1.82) is 5.26 Å². The third-order valence-electron chi connectivity index (χ3n) is 4.92. The molecule has 0 saturated carbocycles. The van der Waals surface area contributed by atoms with Crippen LogP contribution < -0.4 is 0 Å². The molecule has 0 aliphatic carbocycles. The van der Waals surface area contributed by atoms with Gasteiger partial charge in [0.25, 0.3) is 0 Å². The number of H-pyrrole nitrogens is 1. The number of carbonyl (C=O) groups excluding carboxylic acids is 1. The molecule has 1 N–H and O–H groups in total. The molecule has 31 heavy (non-hydrogen) atoms. The number of aromatic amines is 1. The topological polar surface area (TPSA) is 90.1 Å². The summed E-state index contributed by atoms with van der Waals surface area (Å²) in [5, 5.41) is 24.2. The van der Waals surface area contributed by atoms with Gasteiger partial charge in [-0.1, -0.05) is 23.9 Å². The van der Waals surface area contributed by atoms with Gasteiger partial charge in [-0.25, -0.2) is 0 Å². The molecule has 0 saturated heterocycles.